The van der Waals surface area contributed by atoms with Gasteiger partial charge >= 0.3 is 0 Å². The van der Waals surface area contributed by atoms with Crippen molar-refractivity contribution in [3.63, 3.8) is 0 Å². The highest BCUT2D eigenvalue weighted by Gasteiger charge is 2.26. The van der Waals surface area contributed by atoms with Gasteiger partial charge in [0.25, 0.3) is 0 Å². The molecular weight excluding hydrogens is 298 g/mol. The SMILES string of the molecule is CN1CCN(/N=C/c2cc(C(C)(C)C)c(O)c(C(C)(C)C)c2)CC1. The van der Waals surface area contributed by atoms with E-state index in [1.54, 1.807) is 0 Å². The van der Waals surface area contributed by atoms with Crippen LogP contribution in [-0.2, 0) is 10.8 Å². The van der Waals surface area contributed by atoms with Crippen LogP contribution in [0.25, 0.3) is 0 Å². The second-order valence-corrected chi connectivity index (χ2v) is 8.97. The zero-order valence-electron chi connectivity index (χ0n) is 16.3. The number of piperazine rings is 1. The normalized spacial score (nSPS) is 17.7. The minimum Gasteiger partial charge on any atom is -0.507 e. The van der Waals surface area contributed by atoms with Crippen LogP contribution >= 0.6 is 0 Å². The first-order valence-corrected chi connectivity index (χ1v) is 8.84. The summed E-state index contributed by atoms with van der Waals surface area (Å²) in [4.78, 5) is 2.32. The summed E-state index contributed by atoms with van der Waals surface area (Å²) < 4.78 is 0. The molecule has 1 aliphatic heterocycles. The third kappa shape index (κ3) is 4.50. The van der Waals surface area contributed by atoms with Gasteiger partial charge in [-0.1, -0.05) is 41.5 Å². The van der Waals surface area contributed by atoms with E-state index in [4.69, 9.17) is 0 Å². The van der Waals surface area contributed by atoms with Crippen molar-refractivity contribution in [2.24, 2.45) is 5.10 Å². The molecule has 0 spiro atoms. The number of rotatable bonds is 2. The molecule has 0 atom stereocenters. The average molecular weight is 332 g/mol. The van der Waals surface area contributed by atoms with E-state index in [9.17, 15) is 5.11 Å². The molecule has 1 heterocycles. The molecule has 0 bridgehead atoms. The molecule has 24 heavy (non-hydrogen) atoms. The number of hydrogen-bond acceptors (Lipinski definition) is 4. The number of phenols is 1. The topological polar surface area (TPSA) is 39.1 Å². The fourth-order valence-electron chi connectivity index (χ4n) is 2.93. The Morgan fingerprint density at radius 2 is 1.38 bits per heavy atom. The van der Waals surface area contributed by atoms with E-state index in [1.807, 2.05) is 6.21 Å². The van der Waals surface area contributed by atoms with Crippen LogP contribution in [0, 0.1) is 0 Å². The van der Waals surface area contributed by atoms with Crippen molar-refractivity contribution in [3.8, 4) is 5.75 Å². The van der Waals surface area contributed by atoms with Crippen molar-refractivity contribution < 1.29 is 5.11 Å². The molecule has 2 rings (SSSR count). The summed E-state index contributed by atoms with van der Waals surface area (Å²) in [6.45, 7) is 16.8. The van der Waals surface area contributed by atoms with Crippen LogP contribution in [-0.4, -0.2) is 54.5 Å². The fourth-order valence-corrected chi connectivity index (χ4v) is 2.93. The van der Waals surface area contributed by atoms with Crippen molar-refractivity contribution >= 4 is 6.21 Å². The highest BCUT2D eigenvalue weighted by Crippen LogP contribution is 2.39. The number of hydrogen-bond donors (Lipinski definition) is 1. The maximum atomic E-state index is 10.8. The Labute approximate surface area is 147 Å². The lowest BCUT2D eigenvalue weighted by molar-refractivity contribution is 0.159. The molecule has 1 aromatic rings. The Kier molecular flexibility index (Phi) is 5.28. The summed E-state index contributed by atoms with van der Waals surface area (Å²) in [7, 11) is 2.15. The summed E-state index contributed by atoms with van der Waals surface area (Å²) in [5.41, 5.74) is 2.80. The molecule has 1 fully saturated rings. The molecule has 1 N–H and O–H groups in total. The minimum atomic E-state index is -0.109. The summed E-state index contributed by atoms with van der Waals surface area (Å²) >= 11 is 0. The van der Waals surface area contributed by atoms with Crippen LogP contribution in [0.5, 0.6) is 5.75 Å². The van der Waals surface area contributed by atoms with Gasteiger partial charge in [-0.3, -0.25) is 5.01 Å². The second kappa shape index (κ2) is 6.75. The standard InChI is InChI=1S/C20H33N3O/c1-19(2,3)16-12-15(13-17(18(16)24)20(4,5)6)14-21-23-10-8-22(7)9-11-23/h12-14,24H,8-11H2,1-7H3/b21-14+. The number of nitrogens with zero attached hydrogens (tertiary/aromatic N) is 3. The second-order valence-electron chi connectivity index (χ2n) is 8.97. The zero-order valence-corrected chi connectivity index (χ0v) is 16.3. The maximum absolute atomic E-state index is 10.8. The summed E-state index contributed by atoms with van der Waals surface area (Å²) in [6.07, 6.45) is 1.94. The number of benzene rings is 1. The van der Waals surface area contributed by atoms with Gasteiger partial charge in [0.1, 0.15) is 5.75 Å². The van der Waals surface area contributed by atoms with Gasteiger partial charge in [0, 0.05) is 37.3 Å². The lowest BCUT2D eigenvalue weighted by Crippen LogP contribution is -2.41. The van der Waals surface area contributed by atoms with Crippen LogP contribution in [0.15, 0.2) is 17.2 Å². The molecule has 0 aromatic heterocycles. The smallest absolute Gasteiger partial charge is 0.123 e. The number of aromatic hydroxyl groups is 1. The predicted molar refractivity (Wildman–Crippen MR) is 102 cm³/mol. The van der Waals surface area contributed by atoms with Gasteiger partial charge in [-0.25, -0.2) is 0 Å². The van der Waals surface area contributed by atoms with Crippen molar-refractivity contribution in [1.82, 2.24) is 9.91 Å². The number of phenolic OH excluding ortho intramolecular Hbond substituents is 1. The highest BCUT2D eigenvalue weighted by molar-refractivity contribution is 5.81. The van der Waals surface area contributed by atoms with Crippen molar-refractivity contribution in [2.75, 3.05) is 33.2 Å². The molecule has 4 nitrogen and oxygen atoms in total. The van der Waals surface area contributed by atoms with E-state index in [1.165, 1.54) is 0 Å². The van der Waals surface area contributed by atoms with Crippen molar-refractivity contribution in [1.29, 1.82) is 0 Å². The van der Waals surface area contributed by atoms with Gasteiger partial charge in [-0.05, 0) is 35.6 Å². The van der Waals surface area contributed by atoms with Crippen LogP contribution in [0.3, 0.4) is 0 Å². The minimum absolute atomic E-state index is 0.109. The molecule has 0 unspecified atom stereocenters. The van der Waals surface area contributed by atoms with Gasteiger partial charge < -0.3 is 10.0 Å². The Balaban J connectivity index is 2.36. The molecule has 1 aromatic carbocycles. The maximum Gasteiger partial charge on any atom is 0.123 e. The lowest BCUT2D eigenvalue weighted by Gasteiger charge is -2.30. The summed E-state index contributed by atoms with van der Waals surface area (Å²) in [6, 6.07) is 4.15. The van der Waals surface area contributed by atoms with Gasteiger partial charge in [-0.2, -0.15) is 5.10 Å². The van der Waals surface area contributed by atoms with E-state index < -0.39 is 0 Å². The van der Waals surface area contributed by atoms with Crippen LogP contribution in [0.1, 0.15) is 58.2 Å². The van der Waals surface area contributed by atoms with E-state index in [0.717, 1.165) is 42.9 Å². The predicted octanol–water partition coefficient (Wildman–Crippen LogP) is 3.57. The van der Waals surface area contributed by atoms with Gasteiger partial charge in [0.2, 0.25) is 0 Å². The summed E-state index contributed by atoms with van der Waals surface area (Å²) in [5, 5.41) is 17.6. The summed E-state index contributed by atoms with van der Waals surface area (Å²) in [5.74, 6) is 0.423. The molecular formula is C20H33N3O. The molecule has 4 heteroatoms. The average Bonchev–Trinajstić information content (AvgIpc) is 2.45. The largest absolute Gasteiger partial charge is 0.507 e. The fraction of sp³-hybridized carbons (Fsp3) is 0.650. The molecule has 0 saturated carbocycles. The first kappa shape index (κ1) is 18.8. The Hall–Kier alpha value is -1.55. The molecule has 0 aliphatic carbocycles. The van der Waals surface area contributed by atoms with E-state index >= 15 is 0 Å². The van der Waals surface area contributed by atoms with E-state index in [0.29, 0.717) is 5.75 Å². The zero-order chi connectivity index (χ0) is 18.1. The highest BCUT2D eigenvalue weighted by atomic mass is 16.3. The van der Waals surface area contributed by atoms with Crippen molar-refractivity contribution in [2.45, 2.75) is 52.4 Å². The molecule has 134 valence electrons. The first-order valence-electron chi connectivity index (χ1n) is 8.84. The Morgan fingerprint density at radius 1 is 0.917 bits per heavy atom. The van der Waals surface area contributed by atoms with Gasteiger partial charge in [0.15, 0.2) is 0 Å². The van der Waals surface area contributed by atoms with Gasteiger partial charge in [0.05, 0.1) is 6.21 Å². The van der Waals surface area contributed by atoms with Crippen LogP contribution in [0.2, 0.25) is 0 Å². The monoisotopic (exact) mass is 331 g/mol. The van der Waals surface area contributed by atoms with E-state index in [-0.39, 0.29) is 10.8 Å². The van der Waals surface area contributed by atoms with E-state index in [2.05, 4.69) is 75.7 Å². The van der Waals surface area contributed by atoms with Crippen LogP contribution < -0.4 is 0 Å². The van der Waals surface area contributed by atoms with Gasteiger partial charge in [-0.15, -0.1) is 0 Å². The first-order chi connectivity index (χ1) is 11.0. The number of hydrazone groups is 1. The third-order valence-corrected chi connectivity index (χ3v) is 4.60. The lowest BCUT2D eigenvalue weighted by atomic mass is 9.78. The Morgan fingerprint density at radius 3 is 1.79 bits per heavy atom. The molecule has 1 aliphatic rings. The van der Waals surface area contributed by atoms with Crippen LogP contribution in [0.4, 0.5) is 0 Å². The van der Waals surface area contributed by atoms with Crippen molar-refractivity contribution in [3.05, 3.63) is 28.8 Å². The Bertz CT molecular complexity index is 565. The quantitative estimate of drug-likeness (QED) is 0.842. The molecule has 0 amide bonds. The number of likely N-dealkylation sites (N-methyl/N-ethyl adjacent to an activating group) is 1. The molecule has 1 saturated heterocycles. The third-order valence-electron chi connectivity index (χ3n) is 4.60. The molecule has 0 radical (unpaired) electrons.